The molecule has 0 aliphatic rings. The Morgan fingerprint density at radius 3 is 2.88 bits per heavy atom. The van der Waals surface area contributed by atoms with Crippen molar-refractivity contribution in [3.63, 3.8) is 0 Å². The first-order valence-corrected chi connectivity index (χ1v) is 7.85. The lowest BCUT2D eigenvalue weighted by molar-refractivity contribution is -0.385. The summed E-state index contributed by atoms with van der Waals surface area (Å²) in [4.78, 5) is 18.2. The Hall–Kier alpha value is -3.62. The predicted octanol–water partition coefficient (Wildman–Crippen LogP) is 3.32. The highest BCUT2D eigenvalue weighted by Gasteiger charge is 2.21. The number of nitro benzene ring substituents is 1. The van der Waals surface area contributed by atoms with Crippen molar-refractivity contribution in [3.05, 3.63) is 52.1 Å². The van der Waals surface area contributed by atoms with Crippen molar-refractivity contribution >= 4 is 28.9 Å². The number of aromatic nitrogens is 2. The summed E-state index contributed by atoms with van der Waals surface area (Å²) in [6.45, 7) is 2.04. The monoisotopic (exact) mass is 355 g/mol. The molecule has 0 fully saturated rings. The molecular formula is C17H17N5O4. The zero-order valence-corrected chi connectivity index (χ0v) is 14.2. The van der Waals surface area contributed by atoms with Crippen LogP contribution in [0.25, 0.3) is 11.0 Å². The Morgan fingerprint density at radius 2 is 2.19 bits per heavy atom. The Kier molecular flexibility index (Phi) is 4.97. The maximum absolute atomic E-state index is 11.3. The van der Waals surface area contributed by atoms with Crippen LogP contribution in [-0.2, 0) is 0 Å². The summed E-state index contributed by atoms with van der Waals surface area (Å²) < 4.78 is 10.5. The van der Waals surface area contributed by atoms with Gasteiger partial charge in [0, 0.05) is 11.6 Å². The van der Waals surface area contributed by atoms with Crippen LogP contribution in [0.15, 0.2) is 41.5 Å². The smallest absolute Gasteiger partial charge is 0.315 e. The van der Waals surface area contributed by atoms with Crippen LogP contribution in [0.1, 0.15) is 12.5 Å². The number of imidazole rings is 1. The number of hydrogen-bond acceptors (Lipinski definition) is 7. The number of nitro groups is 1. The second kappa shape index (κ2) is 7.51. The lowest BCUT2D eigenvalue weighted by atomic mass is 10.2. The van der Waals surface area contributed by atoms with Crippen LogP contribution < -0.4 is 14.9 Å². The van der Waals surface area contributed by atoms with Crippen LogP contribution in [0.5, 0.6) is 11.5 Å². The predicted molar refractivity (Wildman–Crippen MR) is 98.1 cm³/mol. The summed E-state index contributed by atoms with van der Waals surface area (Å²) in [5.41, 5.74) is 4.76. The van der Waals surface area contributed by atoms with E-state index in [1.54, 1.807) is 13.0 Å². The lowest BCUT2D eigenvalue weighted by Crippen LogP contribution is -2.02. The van der Waals surface area contributed by atoms with E-state index in [4.69, 9.17) is 9.47 Å². The fraction of sp³-hybridized carbons (Fsp3) is 0.176. The summed E-state index contributed by atoms with van der Waals surface area (Å²) in [6.07, 6.45) is 1.44. The van der Waals surface area contributed by atoms with E-state index in [2.05, 4.69) is 20.5 Å². The number of fused-ring (bicyclic) bond motifs is 1. The molecule has 0 amide bonds. The second-order valence-corrected chi connectivity index (χ2v) is 5.23. The molecule has 0 aliphatic carbocycles. The Morgan fingerprint density at radius 1 is 1.38 bits per heavy atom. The largest absolute Gasteiger partial charge is 0.493 e. The maximum Gasteiger partial charge on any atom is 0.315 e. The number of rotatable bonds is 7. The summed E-state index contributed by atoms with van der Waals surface area (Å²) in [5, 5.41) is 15.4. The number of ether oxygens (including phenoxy) is 2. The number of nitrogens with zero attached hydrogens (tertiary/aromatic N) is 3. The van der Waals surface area contributed by atoms with Gasteiger partial charge < -0.3 is 14.5 Å². The molecule has 0 unspecified atom stereocenters. The third-order valence-electron chi connectivity index (χ3n) is 3.54. The first kappa shape index (κ1) is 17.2. The Bertz CT molecular complexity index is 934. The van der Waals surface area contributed by atoms with Gasteiger partial charge in [-0.15, -0.1) is 0 Å². The van der Waals surface area contributed by atoms with E-state index in [0.717, 1.165) is 11.0 Å². The second-order valence-electron chi connectivity index (χ2n) is 5.23. The summed E-state index contributed by atoms with van der Waals surface area (Å²) in [7, 11) is 1.43. The number of hydrogen-bond donors (Lipinski definition) is 2. The van der Waals surface area contributed by atoms with Gasteiger partial charge in [0.05, 0.1) is 35.9 Å². The minimum absolute atomic E-state index is 0.0994. The molecule has 0 spiro atoms. The van der Waals surface area contributed by atoms with E-state index in [9.17, 15) is 10.1 Å². The molecule has 0 saturated heterocycles. The van der Waals surface area contributed by atoms with Crippen molar-refractivity contribution in [2.24, 2.45) is 5.10 Å². The molecule has 0 atom stereocenters. The highest BCUT2D eigenvalue weighted by Crippen LogP contribution is 2.37. The third-order valence-corrected chi connectivity index (χ3v) is 3.54. The molecule has 0 bridgehead atoms. The lowest BCUT2D eigenvalue weighted by Gasteiger charge is -2.10. The Balaban J connectivity index is 1.85. The molecule has 0 aliphatic heterocycles. The number of aromatic amines is 1. The normalized spacial score (nSPS) is 11.0. The number of H-pyrrole nitrogens is 1. The van der Waals surface area contributed by atoms with Gasteiger partial charge in [0.2, 0.25) is 11.7 Å². The summed E-state index contributed by atoms with van der Waals surface area (Å²) in [6, 6.07) is 10.6. The van der Waals surface area contributed by atoms with E-state index >= 15 is 0 Å². The van der Waals surface area contributed by atoms with Crippen LogP contribution in [0.4, 0.5) is 11.6 Å². The fourth-order valence-corrected chi connectivity index (χ4v) is 2.43. The van der Waals surface area contributed by atoms with E-state index in [1.165, 1.54) is 19.4 Å². The first-order chi connectivity index (χ1) is 12.6. The van der Waals surface area contributed by atoms with Gasteiger partial charge in [0.25, 0.3) is 0 Å². The van der Waals surface area contributed by atoms with Crippen LogP contribution in [0, 0.1) is 10.1 Å². The van der Waals surface area contributed by atoms with Gasteiger partial charge >= 0.3 is 5.69 Å². The topological polar surface area (TPSA) is 115 Å². The number of methoxy groups -OCH3 is 1. The van der Waals surface area contributed by atoms with Crippen LogP contribution >= 0.6 is 0 Å². The molecule has 9 nitrogen and oxygen atoms in total. The molecular weight excluding hydrogens is 338 g/mol. The number of nitrogens with one attached hydrogen (secondary N) is 2. The van der Waals surface area contributed by atoms with E-state index < -0.39 is 4.92 Å². The van der Waals surface area contributed by atoms with Crippen molar-refractivity contribution in [2.45, 2.75) is 6.92 Å². The summed E-state index contributed by atoms with van der Waals surface area (Å²) in [5.74, 6) is 0.837. The molecule has 2 aromatic carbocycles. The van der Waals surface area contributed by atoms with E-state index in [1.807, 2.05) is 24.3 Å². The molecule has 1 aromatic heterocycles. The molecule has 26 heavy (non-hydrogen) atoms. The highest BCUT2D eigenvalue weighted by atomic mass is 16.6. The van der Waals surface area contributed by atoms with Crippen molar-refractivity contribution in [1.29, 1.82) is 0 Å². The zero-order valence-electron chi connectivity index (χ0n) is 14.2. The minimum atomic E-state index is -0.516. The van der Waals surface area contributed by atoms with Crippen molar-refractivity contribution < 1.29 is 14.4 Å². The molecule has 9 heteroatoms. The SMILES string of the molecule is CCOc1c(OC)cc(/C=N\Nc2nc3ccccc3[nH]2)cc1[N+](=O)[O-]. The number of hydrazone groups is 1. The quantitative estimate of drug-likeness (QED) is 0.382. The highest BCUT2D eigenvalue weighted by molar-refractivity contribution is 5.84. The average molecular weight is 355 g/mol. The van der Waals surface area contributed by atoms with Crippen LogP contribution in [0.2, 0.25) is 0 Å². The molecule has 3 aromatic rings. The molecule has 0 saturated carbocycles. The average Bonchev–Trinajstić information content (AvgIpc) is 3.05. The van der Waals surface area contributed by atoms with Crippen molar-refractivity contribution in [2.75, 3.05) is 19.1 Å². The maximum atomic E-state index is 11.3. The van der Waals surface area contributed by atoms with Gasteiger partial charge in [-0.3, -0.25) is 10.1 Å². The van der Waals surface area contributed by atoms with Gasteiger partial charge in [-0.25, -0.2) is 10.4 Å². The molecule has 1 heterocycles. The fourth-order valence-electron chi connectivity index (χ4n) is 2.43. The van der Waals surface area contributed by atoms with Crippen molar-refractivity contribution in [3.8, 4) is 11.5 Å². The third kappa shape index (κ3) is 3.56. The number of para-hydroxylation sites is 2. The molecule has 0 radical (unpaired) electrons. The van der Waals surface area contributed by atoms with Gasteiger partial charge in [0.15, 0.2) is 5.75 Å². The Labute approximate surface area is 148 Å². The molecule has 3 rings (SSSR count). The van der Waals surface area contributed by atoms with Gasteiger partial charge in [-0.05, 0) is 25.1 Å². The number of benzene rings is 2. The summed E-state index contributed by atoms with van der Waals surface area (Å²) >= 11 is 0. The van der Waals surface area contributed by atoms with Crippen LogP contribution in [0.3, 0.4) is 0 Å². The minimum Gasteiger partial charge on any atom is -0.493 e. The zero-order chi connectivity index (χ0) is 18.5. The van der Waals surface area contributed by atoms with Crippen molar-refractivity contribution in [1.82, 2.24) is 9.97 Å². The molecule has 2 N–H and O–H groups in total. The first-order valence-electron chi connectivity index (χ1n) is 7.85. The molecule has 134 valence electrons. The van der Waals surface area contributed by atoms with Gasteiger partial charge in [0.1, 0.15) is 0 Å². The van der Waals surface area contributed by atoms with Crippen LogP contribution in [-0.4, -0.2) is 34.8 Å². The van der Waals surface area contributed by atoms with Gasteiger partial charge in [-0.2, -0.15) is 5.10 Å². The van der Waals surface area contributed by atoms with Gasteiger partial charge in [-0.1, -0.05) is 12.1 Å². The number of anilines is 1. The van der Waals surface area contributed by atoms with E-state index in [0.29, 0.717) is 11.5 Å². The van der Waals surface area contributed by atoms with E-state index in [-0.39, 0.29) is 23.8 Å². The standard InChI is InChI=1S/C17H17N5O4/c1-3-26-16-14(22(23)24)8-11(9-15(16)25-2)10-18-21-17-19-12-6-4-5-7-13(12)20-17/h4-10H,3H2,1-2H3,(H2,19,20,21)/b18-10-.